The van der Waals surface area contributed by atoms with Crippen LogP contribution < -0.4 is 5.56 Å². The monoisotopic (exact) mass is 437 g/mol. The molecule has 1 aliphatic heterocycles. The molecule has 1 amide bonds. The fourth-order valence-corrected chi connectivity index (χ4v) is 3.39. The molecule has 32 heavy (non-hydrogen) atoms. The van der Waals surface area contributed by atoms with Crippen molar-refractivity contribution >= 4 is 16.8 Å². The molecule has 0 fully saturated rings. The van der Waals surface area contributed by atoms with Crippen molar-refractivity contribution in [3.05, 3.63) is 76.3 Å². The maximum atomic E-state index is 12.0. The summed E-state index contributed by atoms with van der Waals surface area (Å²) < 4.78 is 1.64. The van der Waals surface area contributed by atoms with Crippen molar-refractivity contribution in [3.8, 4) is 0 Å². The summed E-state index contributed by atoms with van der Waals surface area (Å²) in [6, 6.07) is 15.8. The highest BCUT2D eigenvalue weighted by Gasteiger charge is 2.25. The van der Waals surface area contributed by atoms with Gasteiger partial charge in [0.1, 0.15) is 0 Å². The molecule has 4 rings (SSSR count). The predicted octanol–water partition coefficient (Wildman–Crippen LogP) is 6.12. The van der Waals surface area contributed by atoms with Gasteiger partial charge in [-0.25, -0.2) is 4.98 Å². The number of carbonyl (C=O) groups excluding carboxylic acids is 1. The zero-order chi connectivity index (χ0) is 24.3. The summed E-state index contributed by atoms with van der Waals surface area (Å²) in [6.45, 7) is 16.9. The molecule has 0 atom stereocenters. The number of benzene rings is 2. The van der Waals surface area contributed by atoms with Gasteiger partial charge in [0.15, 0.2) is 0 Å². The number of para-hydroxylation sites is 1. The summed E-state index contributed by atoms with van der Waals surface area (Å²) in [6.07, 6.45) is 2.59. The van der Waals surface area contributed by atoms with Crippen LogP contribution in [-0.4, -0.2) is 32.9 Å². The van der Waals surface area contributed by atoms with E-state index >= 15 is 0 Å². The molecule has 0 N–H and O–H groups in total. The van der Waals surface area contributed by atoms with E-state index in [2.05, 4.69) is 18.8 Å². The van der Waals surface area contributed by atoms with Gasteiger partial charge in [0.25, 0.3) is 11.5 Å². The van der Waals surface area contributed by atoms with E-state index < -0.39 is 0 Å². The van der Waals surface area contributed by atoms with E-state index in [0.29, 0.717) is 11.4 Å². The van der Waals surface area contributed by atoms with E-state index in [1.165, 1.54) is 5.56 Å². The van der Waals surface area contributed by atoms with E-state index in [1.807, 2.05) is 95.0 Å². The van der Waals surface area contributed by atoms with Crippen LogP contribution in [0, 0.1) is 0 Å². The molecule has 1 aromatic heterocycles. The third-order valence-corrected chi connectivity index (χ3v) is 5.00. The molecule has 2 aromatic carbocycles. The number of rotatable bonds is 2. The normalized spacial score (nSPS) is 12.2. The lowest BCUT2D eigenvalue weighted by atomic mass is 9.98. The lowest BCUT2D eigenvalue weighted by molar-refractivity contribution is 0.0688. The molecule has 5 nitrogen and oxygen atoms in total. The first-order valence-corrected chi connectivity index (χ1v) is 11.7. The van der Waals surface area contributed by atoms with E-state index in [4.69, 9.17) is 0 Å². The lowest BCUT2D eigenvalue weighted by Crippen LogP contribution is -2.41. The van der Waals surface area contributed by atoms with Crippen molar-refractivity contribution in [2.75, 3.05) is 6.54 Å². The summed E-state index contributed by atoms with van der Waals surface area (Å²) in [7, 11) is 0. The van der Waals surface area contributed by atoms with Crippen LogP contribution in [0.25, 0.3) is 10.9 Å². The molecular weight excluding hydrogens is 398 g/mol. The van der Waals surface area contributed by atoms with Gasteiger partial charge in [-0.1, -0.05) is 58.0 Å². The summed E-state index contributed by atoms with van der Waals surface area (Å²) in [5.41, 5.74) is 2.86. The highest BCUT2D eigenvalue weighted by atomic mass is 16.2. The van der Waals surface area contributed by atoms with Crippen LogP contribution in [-0.2, 0) is 6.42 Å². The molecule has 0 aliphatic carbocycles. The summed E-state index contributed by atoms with van der Waals surface area (Å²) in [5, 5.41) is 0.684. The van der Waals surface area contributed by atoms with Gasteiger partial charge in [0, 0.05) is 24.2 Å². The Kier molecular flexibility index (Phi) is 11.4. The van der Waals surface area contributed by atoms with Gasteiger partial charge in [-0.2, -0.15) is 0 Å². The largest absolute Gasteiger partial charge is 0.336 e. The summed E-state index contributed by atoms with van der Waals surface area (Å²) >= 11 is 0. The Labute approximate surface area is 193 Å². The third kappa shape index (κ3) is 6.52. The molecule has 0 bridgehead atoms. The first kappa shape index (κ1) is 27.1. The summed E-state index contributed by atoms with van der Waals surface area (Å²) in [5.74, 6) is 0.182. The van der Waals surface area contributed by atoms with Crippen LogP contribution in [0.1, 0.15) is 77.4 Å². The first-order chi connectivity index (χ1) is 15.4. The zero-order valence-corrected chi connectivity index (χ0v) is 20.9. The second kappa shape index (κ2) is 13.5. The van der Waals surface area contributed by atoms with Gasteiger partial charge in [-0.05, 0) is 57.9 Å². The molecule has 174 valence electrons. The minimum atomic E-state index is 0.0330. The highest BCUT2D eigenvalue weighted by Crippen LogP contribution is 2.19. The minimum absolute atomic E-state index is 0.0330. The van der Waals surface area contributed by atoms with Crippen LogP contribution in [0.4, 0.5) is 0 Å². The number of carbonyl (C=O) groups is 1. The van der Waals surface area contributed by atoms with Crippen LogP contribution in [0.2, 0.25) is 0 Å². The van der Waals surface area contributed by atoms with E-state index in [0.717, 1.165) is 24.0 Å². The van der Waals surface area contributed by atoms with Gasteiger partial charge < -0.3 is 4.90 Å². The van der Waals surface area contributed by atoms with Gasteiger partial charge in [-0.15, -0.1) is 0 Å². The van der Waals surface area contributed by atoms with E-state index in [9.17, 15) is 9.59 Å². The maximum Gasteiger partial charge on any atom is 0.261 e. The van der Waals surface area contributed by atoms with Crippen molar-refractivity contribution in [3.63, 3.8) is 0 Å². The van der Waals surface area contributed by atoms with Gasteiger partial charge in [0.05, 0.1) is 17.2 Å². The third-order valence-electron chi connectivity index (χ3n) is 5.00. The first-order valence-electron chi connectivity index (χ1n) is 11.7. The van der Waals surface area contributed by atoms with Crippen molar-refractivity contribution in [1.82, 2.24) is 14.5 Å². The van der Waals surface area contributed by atoms with Crippen molar-refractivity contribution in [2.45, 2.75) is 73.9 Å². The van der Waals surface area contributed by atoms with E-state index in [-0.39, 0.29) is 17.5 Å². The lowest BCUT2D eigenvalue weighted by Gasteiger charge is -2.31. The second-order valence-electron chi connectivity index (χ2n) is 7.57. The number of hydrogen-bond donors (Lipinski definition) is 0. The standard InChI is InChI=1S/C12H15NO.C11H12N2O.2C2H6/c1-9(2)13-8-7-10-5-3-4-6-11(10)12(13)14;1-8(2)13-7-12-10-6-4-3-5-9(10)11(13)14;2*1-2/h3-6,9H,7-8H2,1-2H3;3-8H,1-2H3;2*1-2H3. The molecule has 3 aromatic rings. The second-order valence-corrected chi connectivity index (χ2v) is 7.57. The fraction of sp³-hybridized carbons (Fsp3) is 0.444. The average molecular weight is 438 g/mol. The number of nitrogens with zero attached hydrogens (tertiary/aromatic N) is 3. The molecule has 0 spiro atoms. The quantitative estimate of drug-likeness (QED) is 0.485. The van der Waals surface area contributed by atoms with Gasteiger partial charge >= 0.3 is 0 Å². The van der Waals surface area contributed by atoms with E-state index in [1.54, 1.807) is 10.9 Å². The Morgan fingerprint density at radius 2 is 1.41 bits per heavy atom. The molecule has 0 radical (unpaired) electrons. The Morgan fingerprint density at radius 1 is 0.812 bits per heavy atom. The van der Waals surface area contributed by atoms with Crippen LogP contribution in [0.3, 0.4) is 0 Å². The van der Waals surface area contributed by atoms with Crippen molar-refractivity contribution in [1.29, 1.82) is 0 Å². The highest BCUT2D eigenvalue weighted by molar-refractivity contribution is 5.96. The number of hydrogen-bond acceptors (Lipinski definition) is 3. The Balaban J connectivity index is 0.000000277. The van der Waals surface area contributed by atoms with Gasteiger partial charge in [0.2, 0.25) is 0 Å². The molecule has 1 aliphatic rings. The Bertz CT molecular complexity index is 1040. The Morgan fingerprint density at radius 3 is 2.03 bits per heavy atom. The van der Waals surface area contributed by atoms with Crippen LogP contribution in [0.5, 0.6) is 0 Å². The van der Waals surface area contributed by atoms with Crippen LogP contribution in [0.15, 0.2) is 59.7 Å². The topological polar surface area (TPSA) is 55.2 Å². The molecule has 5 heteroatoms. The number of aromatic nitrogens is 2. The Hall–Kier alpha value is -2.95. The molecule has 0 saturated heterocycles. The van der Waals surface area contributed by atoms with Crippen molar-refractivity contribution in [2.24, 2.45) is 0 Å². The zero-order valence-electron chi connectivity index (χ0n) is 20.9. The SMILES string of the molecule is CC.CC.CC(C)N1CCc2ccccc2C1=O.CC(C)n1cnc2ccccc2c1=O. The predicted molar refractivity (Wildman–Crippen MR) is 135 cm³/mol. The number of fused-ring (bicyclic) bond motifs is 2. The summed E-state index contributed by atoms with van der Waals surface area (Å²) in [4.78, 5) is 30.0. The molecule has 2 heterocycles. The average Bonchev–Trinajstić information content (AvgIpc) is 2.82. The fourth-order valence-electron chi connectivity index (χ4n) is 3.39. The minimum Gasteiger partial charge on any atom is -0.336 e. The molecular formula is C27H39N3O2. The smallest absolute Gasteiger partial charge is 0.261 e. The maximum absolute atomic E-state index is 12.0. The van der Waals surface area contributed by atoms with Gasteiger partial charge in [-0.3, -0.25) is 14.2 Å². The van der Waals surface area contributed by atoms with Crippen molar-refractivity contribution < 1.29 is 4.79 Å². The van der Waals surface area contributed by atoms with Crippen LogP contribution >= 0.6 is 0 Å². The molecule has 0 saturated carbocycles. The number of amides is 1. The molecule has 0 unspecified atom stereocenters.